The van der Waals surface area contributed by atoms with Gasteiger partial charge in [-0.05, 0) is 55.0 Å². The number of hydrogen-bond acceptors (Lipinski definition) is 10. The Balaban J connectivity index is 1.12. The van der Waals surface area contributed by atoms with Crippen LogP contribution in [0.3, 0.4) is 0 Å². The molecule has 0 aliphatic carbocycles. The van der Waals surface area contributed by atoms with Gasteiger partial charge in [0.05, 0.1) is 65.1 Å². The molecule has 2 aromatic carbocycles. The Morgan fingerprint density at radius 1 is 0.980 bits per heavy atom. The molecule has 3 atom stereocenters. The summed E-state index contributed by atoms with van der Waals surface area (Å²) in [4.78, 5) is 31.0. The number of carbonyl (C=O) groups excluding carboxylic acids is 2. The first-order valence-corrected chi connectivity index (χ1v) is 18.0. The van der Waals surface area contributed by atoms with Gasteiger partial charge in [-0.15, -0.1) is 11.3 Å². The van der Waals surface area contributed by atoms with E-state index in [2.05, 4.69) is 10.6 Å². The summed E-state index contributed by atoms with van der Waals surface area (Å²) >= 11 is 14.1. The van der Waals surface area contributed by atoms with Crippen molar-refractivity contribution in [3.05, 3.63) is 110 Å². The normalized spacial score (nSPS) is 16.9. The molecule has 4 heterocycles. The van der Waals surface area contributed by atoms with E-state index in [1.807, 2.05) is 71.6 Å². The Kier molecular flexibility index (Phi) is 11.6. The maximum absolute atomic E-state index is 13.4. The molecule has 1 aliphatic rings. The van der Waals surface area contributed by atoms with E-state index in [1.54, 1.807) is 25.3 Å². The van der Waals surface area contributed by atoms with E-state index >= 15 is 0 Å². The van der Waals surface area contributed by atoms with E-state index in [9.17, 15) is 9.59 Å². The number of esters is 2. The van der Waals surface area contributed by atoms with Gasteiger partial charge >= 0.3 is 11.9 Å². The van der Waals surface area contributed by atoms with Crippen molar-refractivity contribution in [3.63, 3.8) is 0 Å². The van der Waals surface area contributed by atoms with Gasteiger partial charge in [0.25, 0.3) is 0 Å². The maximum Gasteiger partial charge on any atom is 0.310 e. The van der Waals surface area contributed by atoms with E-state index in [0.717, 1.165) is 45.1 Å². The molecule has 3 aromatic heterocycles. The largest absolute Gasteiger partial charge is 0.465 e. The van der Waals surface area contributed by atoms with Gasteiger partial charge in [0, 0.05) is 36.4 Å². The van der Waals surface area contributed by atoms with Gasteiger partial charge in [0.1, 0.15) is 6.10 Å². The van der Waals surface area contributed by atoms with Crippen molar-refractivity contribution >= 4 is 69.2 Å². The summed E-state index contributed by atoms with van der Waals surface area (Å²) in [5.74, 6) is -0.836. The summed E-state index contributed by atoms with van der Waals surface area (Å²) in [7, 11) is 1.61. The number of halogens is 2. The lowest BCUT2D eigenvalue weighted by atomic mass is 9.88. The van der Waals surface area contributed by atoms with Crippen molar-refractivity contribution in [2.75, 3.05) is 37.6 Å². The number of nitrogens with one attached hydrogen (secondary N) is 2. The first-order chi connectivity index (χ1) is 24.2. The molecule has 13 heteroatoms. The molecule has 5 aromatic rings. The fourth-order valence-corrected chi connectivity index (χ4v) is 7.26. The Morgan fingerprint density at radius 3 is 2.52 bits per heavy atom. The molecule has 6 rings (SSSR count). The zero-order valence-corrected chi connectivity index (χ0v) is 30.2. The van der Waals surface area contributed by atoms with Crippen LogP contribution in [0.5, 0.6) is 0 Å². The minimum absolute atomic E-state index is 0.0492. The molecular formula is C37H38Cl2N4O6S. The summed E-state index contributed by atoms with van der Waals surface area (Å²) < 4.78 is 25.5. The number of anilines is 3. The van der Waals surface area contributed by atoms with E-state index in [-0.39, 0.29) is 19.4 Å². The van der Waals surface area contributed by atoms with Crippen LogP contribution in [-0.2, 0) is 35.0 Å². The number of benzene rings is 2. The highest BCUT2D eigenvalue weighted by Gasteiger charge is 2.42. The number of nitrogens with zero attached hydrogens (tertiary/aromatic N) is 2. The van der Waals surface area contributed by atoms with E-state index in [0.29, 0.717) is 35.4 Å². The van der Waals surface area contributed by atoms with Gasteiger partial charge in [-0.25, -0.2) is 4.98 Å². The van der Waals surface area contributed by atoms with E-state index in [1.165, 1.54) is 11.3 Å². The molecule has 0 bridgehead atoms. The third-order valence-electron chi connectivity index (χ3n) is 8.63. The Hall–Kier alpha value is -4.13. The molecule has 0 amide bonds. The monoisotopic (exact) mass is 736 g/mol. The van der Waals surface area contributed by atoms with Crippen LogP contribution >= 0.6 is 34.5 Å². The molecule has 0 radical (unpaired) electrons. The fraction of sp³-hybridized carbons (Fsp3) is 0.324. The first kappa shape index (κ1) is 35.7. The van der Waals surface area contributed by atoms with Crippen LogP contribution in [0.4, 0.5) is 17.1 Å². The zero-order chi connectivity index (χ0) is 35.2. The smallest absolute Gasteiger partial charge is 0.310 e. The second-order valence-corrected chi connectivity index (χ2v) is 13.5. The van der Waals surface area contributed by atoms with Gasteiger partial charge in [-0.3, -0.25) is 9.59 Å². The molecule has 0 spiro atoms. The van der Waals surface area contributed by atoms with E-state index < -0.39 is 30.2 Å². The summed E-state index contributed by atoms with van der Waals surface area (Å²) in [6.45, 7) is 4.76. The van der Waals surface area contributed by atoms with Crippen molar-refractivity contribution in [2.45, 2.75) is 51.4 Å². The average molecular weight is 738 g/mol. The zero-order valence-electron chi connectivity index (χ0n) is 27.9. The average Bonchev–Trinajstić information content (AvgIpc) is 3.67. The number of ether oxygens (including phenoxy) is 4. The molecule has 0 saturated carbocycles. The second-order valence-electron chi connectivity index (χ2n) is 11.9. The maximum atomic E-state index is 13.4. The second kappa shape index (κ2) is 16.3. The lowest BCUT2D eigenvalue weighted by Crippen LogP contribution is -2.41. The molecule has 50 heavy (non-hydrogen) atoms. The number of hydrogen-bond donors (Lipinski definition) is 2. The van der Waals surface area contributed by atoms with Gasteiger partial charge < -0.3 is 34.0 Å². The van der Waals surface area contributed by atoms with Crippen molar-refractivity contribution in [1.29, 1.82) is 0 Å². The lowest BCUT2D eigenvalue weighted by molar-refractivity contribution is -0.162. The molecule has 262 valence electrons. The van der Waals surface area contributed by atoms with Crippen LogP contribution < -0.4 is 10.6 Å². The van der Waals surface area contributed by atoms with Crippen molar-refractivity contribution in [3.8, 4) is 0 Å². The number of methoxy groups -OCH3 is 1. The molecule has 0 fully saturated rings. The third-order valence-corrected chi connectivity index (χ3v) is 10.1. The third kappa shape index (κ3) is 7.92. The number of carbonyl (C=O) groups is 2. The van der Waals surface area contributed by atoms with E-state index in [4.69, 9.17) is 47.1 Å². The quantitative estimate of drug-likeness (QED) is 0.0857. The summed E-state index contributed by atoms with van der Waals surface area (Å²) in [6, 6.07) is 16.6. The van der Waals surface area contributed by atoms with Crippen LogP contribution in [0, 0.1) is 13.8 Å². The SMILES string of the molecule is COCCO[C@@H]1c2ccn3c(C)c(C)nc3c2N[C@H](c2ccccc2)[C@H]1OC(=O)CCCOC(=O)Cc1cscc1Nc1c(Cl)cccc1Cl. The molecule has 10 nitrogen and oxygen atoms in total. The molecule has 2 N–H and O–H groups in total. The van der Waals surface area contributed by atoms with Crippen LogP contribution in [0.15, 0.2) is 71.6 Å². The standard InChI is InChI=1S/C37H38Cl2N4O6S/c1-22-23(2)43-15-14-26-33(37(43)40-22)42-32(24-9-5-4-6-10-24)36(35(26)48-18-17-46-3)49-30(44)13-8-16-47-31(45)19-25-20-50-21-29(25)41-34-27(38)11-7-12-28(34)39/h4-7,9-12,14-15,20-21,32,35-36,41-42H,8,13,16-19H2,1-3H3/t32-,35-,36-/m1/s1. The highest BCUT2D eigenvalue weighted by atomic mass is 35.5. The van der Waals surface area contributed by atoms with Crippen LogP contribution in [0.1, 0.15) is 53.1 Å². The molecular weight excluding hydrogens is 699 g/mol. The fourth-order valence-electron chi connectivity index (χ4n) is 5.98. The minimum atomic E-state index is -0.701. The number of fused-ring (bicyclic) bond motifs is 3. The Bertz CT molecular complexity index is 1950. The number of thiophene rings is 1. The summed E-state index contributed by atoms with van der Waals surface area (Å²) in [5, 5.41) is 11.6. The van der Waals surface area contributed by atoms with Crippen molar-refractivity contribution in [1.82, 2.24) is 9.38 Å². The minimum Gasteiger partial charge on any atom is -0.465 e. The lowest BCUT2D eigenvalue weighted by Gasteiger charge is -2.40. The van der Waals surface area contributed by atoms with Crippen LogP contribution in [0.25, 0.3) is 5.65 Å². The number of imidazole rings is 1. The number of aryl methyl sites for hydroxylation is 2. The first-order valence-electron chi connectivity index (χ1n) is 16.3. The highest BCUT2D eigenvalue weighted by Crippen LogP contribution is 2.45. The van der Waals surface area contributed by atoms with Gasteiger partial charge in [0.15, 0.2) is 11.8 Å². The molecule has 1 aliphatic heterocycles. The molecule has 0 saturated heterocycles. The number of pyridine rings is 1. The van der Waals surface area contributed by atoms with Gasteiger partial charge in [-0.2, -0.15) is 0 Å². The van der Waals surface area contributed by atoms with Crippen LogP contribution in [0.2, 0.25) is 10.0 Å². The predicted molar refractivity (Wildman–Crippen MR) is 196 cm³/mol. The number of aromatic nitrogens is 2. The topological polar surface area (TPSA) is 112 Å². The Labute approximate surface area is 304 Å². The summed E-state index contributed by atoms with van der Waals surface area (Å²) in [5.41, 5.74) is 7.41. The Morgan fingerprint density at radius 2 is 1.76 bits per heavy atom. The number of para-hydroxylation sites is 1. The van der Waals surface area contributed by atoms with Crippen molar-refractivity contribution < 1.29 is 28.5 Å². The highest BCUT2D eigenvalue weighted by molar-refractivity contribution is 7.08. The van der Waals surface area contributed by atoms with Crippen LogP contribution in [-0.4, -0.2) is 54.4 Å². The predicted octanol–water partition coefficient (Wildman–Crippen LogP) is 8.41. The number of rotatable bonds is 14. The molecule has 0 unspecified atom stereocenters. The van der Waals surface area contributed by atoms with Crippen molar-refractivity contribution in [2.24, 2.45) is 0 Å². The summed E-state index contributed by atoms with van der Waals surface area (Å²) in [6.07, 6.45) is 1.07. The van der Waals surface area contributed by atoms with Gasteiger partial charge in [-0.1, -0.05) is 59.6 Å². The van der Waals surface area contributed by atoms with Gasteiger partial charge in [0.2, 0.25) is 0 Å².